The van der Waals surface area contributed by atoms with E-state index in [1.807, 2.05) is 0 Å². The molecule has 0 saturated carbocycles. The lowest BCUT2D eigenvalue weighted by molar-refractivity contribution is 0.204. The van der Waals surface area contributed by atoms with Crippen molar-refractivity contribution in [1.29, 1.82) is 0 Å². The van der Waals surface area contributed by atoms with E-state index in [-0.39, 0.29) is 0 Å². The van der Waals surface area contributed by atoms with Crippen molar-refractivity contribution < 1.29 is 0 Å². The fourth-order valence-electron chi connectivity index (χ4n) is 1.95. The van der Waals surface area contributed by atoms with Crippen LogP contribution in [-0.2, 0) is 0 Å². The Kier molecular flexibility index (Phi) is 4.16. The lowest BCUT2D eigenvalue weighted by atomic mass is 10.2. The zero-order chi connectivity index (χ0) is 9.84. The van der Waals surface area contributed by atoms with Crippen LogP contribution in [0.15, 0.2) is 0 Å². The highest BCUT2D eigenvalue weighted by Gasteiger charge is 2.23. The quantitative estimate of drug-likeness (QED) is 0.674. The van der Waals surface area contributed by atoms with Crippen LogP contribution in [0.3, 0.4) is 0 Å². The smallest absolute Gasteiger partial charge is 0.0232 e. The Bertz CT molecular complexity index is 149. The van der Waals surface area contributed by atoms with Crippen LogP contribution in [0.2, 0.25) is 0 Å². The monoisotopic (exact) mass is 185 g/mol. The van der Waals surface area contributed by atoms with Crippen LogP contribution in [-0.4, -0.2) is 55.6 Å². The van der Waals surface area contributed by atoms with Crippen molar-refractivity contribution in [3.05, 3.63) is 0 Å². The summed E-state index contributed by atoms with van der Waals surface area (Å²) in [5.74, 6) is 0. The molecule has 3 heteroatoms. The highest BCUT2D eigenvalue weighted by molar-refractivity contribution is 4.80. The maximum absolute atomic E-state index is 5.61. The lowest BCUT2D eigenvalue weighted by Gasteiger charge is -2.27. The van der Waals surface area contributed by atoms with E-state index < -0.39 is 0 Å². The Morgan fingerprint density at radius 1 is 1.31 bits per heavy atom. The molecule has 78 valence electrons. The number of nitrogens with two attached hydrogens (primary N) is 1. The van der Waals surface area contributed by atoms with Gasteiger partial charge < -0.3 is 15.5 Å². The minimum Gasteiger partial charge on any atom is -0.330 e. The fraction of sp³-hybridized carbons (Fsp3) is 1.00. The Hall–Kier alpha value is -0.120. The van der Waals surface area contributed by atoms with E-state index in [1.54, 1.807) is 0 Å². The average Bonchev–Trinajstić information content (AvgIpc) is 2.21. The Balaban J connectivity index is 2.52. The van der Waals surface area contributed by atoms with Gasteiger partial charge in [-0.15, -0.1) is 0 Å². The zero-order valence-corrected chi connectivity index (χ0v) is 9.16. The van der Waals surface area contributed by atoms with Crippen molar-refractivity contribution in [1.82, 2.24) is 9.80 Å². The summed E-state index contributed by atoms with van der Waals surface area (Å²) in [5.41, 5.74) is 5.61. The van der Waals surface area contributed by atoms with E-state index >= 15 is 0 Å². The van der Waals surface area contributed by atoms with Crippen LogP contribution < -0.4 is 5.73 Å². The molecule has 2 unspecified atom stereocenters. The molecule has 1 aliphatic heterocycles. The van der Waals surface area contributed by atoms with Crippen molar-refractivity contribution in [3.8, 4) is 0 Å². The second-order valence-electron chi connectivity index (χ2n) is 4.29. The predicted octanol–water partition coefficient (Wildman–Crippen LogP) is 0.360. The molecule has 0 aromatic carbocycles. The standard InChI is InChI=1S/C10H23N3/c1-9-5-7-12(2)10(4-6-11)8-13(9)3/h9-10H,4-8,11H2,1-3H3. The van der Waals surface area contributed by atoms with Gasteiger partial charge in [-0.2, -0.15) is 0 Å². The molecule has 0 amide bonds. The molecule has 0 bridgehead atoms. The molecule has 13 heavy (non-hydrogen) atoms. The molecule has 2 atom stereocenters. The number of hydrogen-bond acceptors (Lipinski definition) is 3. The zero-order valence-electron chi connectivity index (χ0n) is 9.16. The summed E-state index contributed by atoms with van der Waals surface area (Å²) in [7, 11) is 4.43. The van der Waals surface area contributed by atoms with Gasteiger partial charge in [-0.05, 0) is 47.0 Å². The number of hydrogen-bond donors (Lipinski definition) is 1. The molecule has 0 radical (unpaired) electrons. The van der Waals surface area contributed by atoms with Gasteiger partial charge in [-0.1, -0.05) is 0 Å². The van der Waals surface area contributed by atoms with E-state index in [2.05, 4.69) is 30.8 Å². The number of nitrogens with zero attached hydrogens (tertiary/aromatic N) is 2. The molecule has 1 saturated heterocycles. The van der Waals surface area contributed by atoms with Crippen molar-refractivity contribution >= 4 is 0 Å². The van der Waals surface area contributed by atoms with E-state index in [1.165, 1.54) is 13.0 Å². The maximum atomic E-state index is 5.61. The Morgan fingerprint density at radius 3 is 2.62 bits per heavy atom. The van der Waals surface area contributed by atoms with Gasteiger partial charge in [0.1, 0.15) is 0 Å². The minimum absolute atomic E-state index is 0.653. The first-order chi connectivity index (χ1) is 6.15. The van der Waals surface area contributed by atoms with Crippen molar-refractivity contribution in [3.63, 3.8) is 0 Å². The summed E-state index contributed by atoms with van der Waals surface area (Å²) < 4.78 is 0. The van der Waals surface area contributed by atoms with Crippen LogP contribution >= 0.6 is 0 Å². The molecule has 2 N–H and O–H groups in total. The molecule has 1 heterocycles. The summed E-state index contributed by atoms with van der Waals surface area (Å²) in [6.07, 6.45) is 2.39. The second kappa shape index (κ2) is 4.94. The topological polar surface area (TPSA) is 32.5 Å². The van der Waals surface area contributed by atoms with Crippen molar-refractivity contribution in [2.45, 2.75) is 31.8 Å². The molecule has 0 aromatic heterocycles. The largest absolute Gasteiger partial charge is 0.330 e. The maximum Gasteiger partial charge on any atom is 0.0232 e. The number of likely N-dealkylation sites (N-methyl/N-ethyl adjacent to an activating group) is 2. The second-order valence-corrected chi connectivity index (χ2v) is 4.29. The summed E-state index contributed by atoms with van der Waals surface area (Å²) in [6, 6.07) is 1.37. The third-order valence-corrected chi connectivity index (χ3v) is 3.27. The van der Waals surface area contributed by atoms with E-state index in [0.29, 0.717) is 12.1 Å². The molecular formula is C10H23N3. The average molecular weight is 185 g/mol. The van der Waals surface area contributed by atoms with Crippen molar-refractivity contribution in [2.24, 2.45) is 5.73 Å². The van der Waals surface area contributed by atoms with Crippen LogP contribution in [0, 0.1) is 0 Å². The molecule has 1 fully saturated rings. The van der Waals surface area contributed by atoms with Gasteiger partial charge in [0, 0.05) is 18.6 Å². The van der Waals surface area contributed by atoms with Crippen LogP contribution in [0.1, 0.15) is 19.8 Å². The van der Waals surface area contributed by atoms with E-state index in [9.17, 15) is 0 Å². The van der Waals surface area contributed by atoms with Crippen LogP contribution in [0.4, 0.5) is 0 Å². The Morgan fingerprint density at radius 2 is 2.00 bits per heavy atom. The van der Waals surface area contributed by atoms with Crippen LogP contribution in [0.5, 0.6) is 0 Å². The SMILES string of the molecule is CC1CCN(C)C(CCN)CN1C. The molecule has 1 aliphatic rings. The minimum atomic E-state index is 0.653. The molecule has 0 spiro atoms. The van der Waals surface area contributed by atoms with Gasteiger partial charge in [-0.3, -0.25) is 0 Å². The van der Waals surface area contributed by atoms with Gasteiger partial charge in [-0.25, -0.2) is 0 Å². The first kappa shape index (κ1) is 11.0. The van der Waals surface area contributed by atoms with Gasteiger partial charge in [0.05, 0.1) is 0 Å². The van der Waals surface area contributed by atoms with Gasteiger partial charge in [0.15, 0.2) is 0 Å². The summed E-state index contributed by atoms with van der Waals surface area (Å²) in [5, 5.41) is 0. The normalized spacial score (nSPS) is 33.2. The highest BCUT2D eigenvalue weighted by Crippen LogP contribution is 2.13. The lowest BCUT2D eigenvalue weighted by Crippen LogP contribution is -2.40. The summed E-state index contributed by atoms with van der Waals surface area (Å²) in [6.45, 7) is 5.47. The molecule has 0 aliphatic carbocycles. The fourth-order valence-corrected chi connectivity index (χ4v) is 1.95. The molecule has 1 rings (SSSR count). The third kappa shape index (κ3) is 2.93. The summed E-state index contributed by atoms with van der Waals surface area (Å²) in [4.78, 5) is 4.90. The van der Waals surface area contributed by atoms with Crippen LogP contribution in [0.25, 0.3) is 0 Å². The predicted molar refractivity (Wildman–Crippen MR) is 56.8 cm³/mol. The van der Waals surface area contributed by atoms with E-state index in [0.717, 1.165) is 19.5 Å². The molecular weight excluding hydrogens is 162 g/mol. The highest BCUT2D eigenvalue weighted by atomic mass is 15.2. The van der Waals surface area contributed by atoms with Gasteiger partial charge >= 0.3 is 0 Å². The molecule has 3 nitrogen and oxygen atoms in total. The number of rotatable bonds is 2. The Labute approximate surface area is 81.9 Å². The van der Waals surface area contributed by atoms with Gasteiger partial charge in [0.2, 0.25) is 0 Å². The van der Waals surface area contributed by atoms with Gasteiger partial charge in [0.25, 0.3) is 0 Å². The van der Waals surface area contributed by atoms with Crippen molar-refractivity contribution in [2.75, 3.05) is 33.7 Å². The first-order valence-corrected chi connectivity index (χ1v) is 5.25. The first-order valence-electron chi connectivity index (χ1n) is 5.25. The van der Waals surface area contributed by atoms with E-state index in [4.69, 9.17) is 5.73 Å². The third-order valence-electron chi connectivity index (χ3n) is 3.27. The molecule has 0 aromatic rings. The summed E-state index contributed by atoms with van der Waals surface area (Å²) >= 11 is 0.